The molecule has 0 radical (unpaired) electrons. The van der Waals surface area contributed by atoms with Crippen LogP contribution in [0.15, 0.2) is 0 Å². The minimum absolute atomic E-state index is 0.000874. The first-order chi connectivity index (χ1) is 30.6. The molecule has 2 fully saturated rings. The maximum atomic E-state index is 12.1. The third kappa shape index (κ3) is 22.6. The Labute approximate surface area is 375 Å². The number of carboxylic acid groups (broad SMARTS) is 6. The van der Waals surface area contributed by atoms with E-state index in [1.165, 1.54) is 14.7 Å². The van der Waals surface area contributed by atoms with Crippen LogP contribution >= 0.6 is 0 Å². The van der Waals surface area contributed by atoms with E-state index in [1.807, 2.05) is 0 Å². The monoisotopic (exact) mass is 943 g/mol. The van der Waals surface area contributed by atoms with Crippen LogP contribution in [0, 0.1) is 0 Å². The third-order valence-corrected chi connectivity index (χ3v) is 11.1. The molecule has 28 nitrogen and oxygen atoms in total. The molecule has 28 heteroatoms. The van der Waals surface area contributed by atoms with Gasteiger partial charge in [0.15, 0.2) is 0 Å². The number of nitrogens with zero attached hydrogens (tertiary/aromatic N) is 9. The number of hydrogen-bond acceptors (Lipinski definition) is 19. The number of aliphatic carboxylic acids is 3. The van der Waals surface area contributed by atoms with Crippen molar-refractivity contribution in [2.45, 2.75) is 36.6 Å². The van der Waals surface area contributed by atoms with E-state index in [0.717, 1.165) is 14.7 Å². The van der Waals surface area contributed by atoms with Gasteiger partial charge in [-0.1, -0.05) is 0 Å². The van der Waals surface area contributed by atoms with Crippen molar-refractivity contribution < 1.29 is 95.2 Å². The minimum atomic E-state index is -2.02. The lowest BCUT2D eigenvalue weighted by atomic mass is 10.0. The van der Waals surface area contributed by atoms with Gasteiger partial charge in [-0.05, 0) is 0 Å². The number of aliphatic hydroxyl groups is 7. The smallest absolute Gasteiger partial charge is 0.407 e. The number of carbonyl (C=O) groups is 6. The van der Waals surface area contributed by atoms with E-state index in [2.05, 4.69) is 0 Å². The Morgan fingerprint density at radius 3 is 0.938 bits per heavy atom. The highest BCUT2D eigenvalue weighted by Gasteiger charge is 2.33. The Kier molecular flexibility index (Phi) is 25.7. The highest BCUT2D eigenvalue weighted by molar-refractivity contribution is 5.70. The summed E-state index contributed by atoms with van der Waals surface area (Å²) in [6.07, 6.45) is -14.3. The average molecular weight is 944 g/mol. The quantitative estimate of drug-likeness (QED) is 0.0539. The molecule has 0 aliphatic carbocycles. The van der Waals surface area contributed by atoms with Crippen LogP contribution in [-0.4, -0.2) is 347 Å². The molecule has 6 atom stereocenters. The van der Waals surface area contributed by atoms with Crippen molar-refractivity contribution in [2.75, 3.05) is 164 Å². The molecule has 0 aromatic carbocycles. The molecule has 3 amide bonds. The fourth-order valence-corrected chi connectivity index (χ4v) is 7.49. The maximum Gasteiger partial charge on any atom is 0.407 e. The summed E-state index contributed by atoms with van der Waals surface area (Å²) in [7, 11) is 0. The van der Waals surface area contributed by atoms with Crippen molar-refractivity contribution in [2.24, 2.45) is 0 Å². The first-order valence-electron chi connectivity index (χ1n) is 21.2. The summed E-state index contributed by atoms with van der Waals surface area (Å²) in [5, 5.41) is 132. The largest absolute Gasteiger partial charge is 0.480 e. The number of β-amino-alcohol motifs (C(OH)–C–C–N with tert-alkyl or cyclic N) is 2. The van der Waals surface area contributed by atoms with E-state index >= 15 is 0 Å². The Hall–Kier alpha value is -4.30. The van der Waals surface area contributed by atoms with Crippen molar-refractivity contribution in [3.05, 3.63) is 0 Å². The summed E-state index contributed by atoms with van der Waals surface area (Å²) in [5.74, 6) is -3.47. The number of carboxylic acids is 3. The van der Waals surface area contributed by atoms with Crippen molar-refractivity contribution in [3.63, 3.8) is 0 Å². The van der Waals surface area contributed by atoms with Gasteiger partial charge >= 0.3 is 36.2 Å². The Bertz CT molecular complexity index is 1490. The molecule has 2 rings (SSSR count). The first kappa shape index (κ1) is 56.8. The Morgan fingerprint density at radius 2 is 0.646 bits per heavy atom. The van der Waals surface area contributed by atoms with Crippen molar-refractivity contribution >= 4 is 36.2 Å². The van der Waals surface area contributed by atoms with E-state index in [9.17, 15) is 95.2 Å². The number of aliphatic hydroxyl groups excluding tert-OH is 7. The van der Waals surface area contributed by atoms with Gasteiger partial charge in [-0.25, -0.2) is 14.4 Å². The predicted molar refractivity (Wildman–Crippen MR) is 223 cm³/mol. The summed E-state index contributed by atoms with van der Waals surface area (Å²) >= 11 is 0. The van der Waals surface area contributed by atoms with Crippen LogP contribution in [-0.2, 0) is 14.4 Å². The molecular weight excluding hydrogens is 874 g/mol. The van der Waals surface area contributed by atoms with Gasteiger partial charge in [0.25, 0.3) is 0 Å². The van der Waals surface area contributed by atoms with Gasteiger partial charge in [-0.15, -0.1) is 0 Å². The zero-order chi connectivity index (χ0) is 48.8. The standard InChI is InChI=1S/C37H69N9O19/c47-25-29(51)34(59)33(58)28(50)21-43(20-27(49)18-39-2-4-41(23-31(54)55)10-14-46(37(64)65)16-15-45(12-8-39)36(62)63)19-26(48)17-38-1-3-40(22-30(52)53)5-6-42(24-32(56)57)9-13-44(11-7-38)35(60)61/h26-29,33-34,47-51,58-59H,1-25H2,(H,52,53)(H,54,55)(H,56,57)(H,60,61)(H,62,63)(H,64,65). The molecule has 0 aromatic rings. The molecule has 2 aliphatic heterocycles. The zero-order valence-electron chi connectivity index (χ0n) is 36.4. The SMILES string of the molecule is O=C(O)CN1CCN(CC(=O)O)CCN(C(=O)O)CCN(CC(O)CN(CC(O)CN2CCN(CC(=O)O)CCN(C(=O)O)CCN(C(=O)O)CC2)CC(O)C(O)C(O)C(O)CO)CC1. The molecule has 376 valence electrons. The van der Waals surface area contributed by atoms with Crippen LogP contribution < -0.4 is 0 Å². The predicted octanol–water partition coefficient (Wildman–Crippen LogP) is -6.82. The average Bonchev–Trinajstić information content (AvgIpc) is 3.20. The maximum absolute atomic E-state index is 12.1. The van der Waals surface area contributed by atoms with Crippen molar-refractivity contribution in [1.29, 1.82) is 0 Å². The van der Waals surface area contributed by atoms with E-state index < -0.39 is 106 Å². The van der Waals surface area contributed by atoms with Gasteiger partial charge < -0.3 is 81.1 Å². The molecule has 2 aliphatic rings. The highest BCUT2D eigenvalue weighted by atomic mass is 16.4. The summed E-state index contributed by atoms with van der Waals surface area (Å²) in [4.78, 5) is 83.2. The zero-order valence-corrected chi connectivity index (χ0v) is 36.4. The van der Waals surface area contributed by atoms with Gasteiger partial charge in [-0.2, -0.15) is 0 Å². The summed E-state index contributed by atoms with van der Waals surface area (Å²) < 4.78 is 0. The molecule has 2 heterocycles. The molecule has 6 unspecified atom stereocenters. The molecule has 0 bridgehead atoms. The summed E-state index contributed by atoms with van der Waals surface area (Å²) in [6.45, 7) is -3.83. The normalized spacial score (nSPS) is 21.1. The van der Waals surface area contributed by atoms with E-state index in [1.54, 1.807) is 14.7 Å². The van der Waals surface area contributed by atoms with Gasteiger partial charge in [0.2, 0.25) is 0 Å². The molecule has 13 N–H and O–H groups in total. The second-order valence-electron chi connectivity index (χ2n) is 16.2. The second kappa shape index (κ2) is 29.4. The highest BCUT2D eigenvalue weighted by Crippen LogP contribution is 2.11. The molecular formula is C37H69N9O19. The van der Waals surface area contributed by atoms with Crippen molar-refractivity contribution in [3.8, 4) is 0 Å². The van der Waals surface area contributed by atoms with E-state index in [4.69, 9.17) is 0 Å². The molecule has 0 aromatic heterocycles. The lowest BCUT2D eigenvalue weighted by Gasteiger charge is -2.36. The van der Waals surface area contributed by atoms with Crippen molar-refractivity contribution in [1.82, 2.24) is 44.1 Å². The molecule has 2 saturated heterocycles. The Balaban J connectivity index is 2.36. The Morgan fingerprint density at radius 1 is 0.385 bits per heavy atom. The van der Waals surface area contributed by atoms with E-state index in [-0.39, 0.29) is 131 Å². The van der Waals surface area contributed by atoms with Gasteiger partial charge in [0.05, 0.1) is 44.6 Å². The molecule has 0 saturated carbocycles. The summed E-state index contributed by atoms with van der Waals surface area (Å²) in [6, 6.07) is 0. The fourth-order valence-electron chi connectivity index (χ4n) is 7.49. The van der Waals surface area contributed by atoms with Crippen LogP contribution in [0.25, 0.3) is 0 Å². The number of rotatable bonds is 20. The van der Waals surface area contributed by atoms with Gasteiger partial charge in [0, 0.05) is 137 Å². The van der Waals surface area contributed by atoms with Crippen LogP contribution in [0.5, 0.6) is 0 Å². The van der Waals surface area contributed by atoms with Crippen LogP contribution in [0.2, 0.25) is 0 Å². The molecule has 0 spiro atoms. The number of hydrogen-bond donors (Lipinski definition) is 13. The van der Waals surface area contributed by atoms with Gasteiger partial charge in [0.1, 0.15) is 18.3 Å². The fraction of sp³-hybridized carbons (Fsp3) is 0.838. The minimum Gasteiger partial charge on any atom is -0.480 e. The van der Waals surface area contributed by atoms with Crippen LogP contribution in [0.4, 0.5) is 14.4 Å². The topological polar surface area (TPSA) is 395 Å². The van der Waals surface area contributed by atoms with Crippen LogP contribution in [0.3, 0.4) is 0 Å². The van der Waals surface area contributed by atoms with Crippen LogP contribution in [0.1, 0.15) is 0 Å². The lowest BCUT2D eigenvalue weighted by molar-refractivity contribution is -0.140. The van der Waals surface area contributed by atoms with Gasteiger partial charge in [-0.3, -0.25) is 43.8 Å². The first-order valence-corrected chi connectivity index (χ1v) is 21.2. The van der Waals surface area contributed by atoms with E-state index in [0.29, 0.717) is 0 Å². The lowest BCUT2D eigenvalue weighted by Crippen LogP contribution is -2.54. The molecule has 65 heavy (non-hydrogen) atoms. The number of amides is 3. The second-order valence-corrected chi connectivity index (χ2v) is 16.2. The third-order valence-electron chi connectivity index (χ3n) is 11.1. The summed E-state index contributed by atoms with van der Waals surface area (Å²) in [5.41, 5.74) is 0.